The van der Waals surface area contributed by atoms with Gasteiger partial charge in [0.05, 0.1) is 29.4 Å². The Morgan fingerprint density at radius 3 is 2.45 bits per heavy atom. The summed E-state index contributed by atoms with van der Waals surface area (Å²) in [6, 6.07) is 12.6. The van der Waals surface area contributed by atoms with Crippen LogP contribution in [0.2, 0.25) is 0 Å². The summed E-state index contributed by atoms with van der Waals surface area (Å²) in [5, 5.41) is 14.3. The number of non-ortho nitro benzene ring substituents is 1. The molecule has 0 spiro atoms. The molecule has 1 amide bonds. The summed E-state index contributed by atoms with van der Waals surface area (Å²) in [6.45, 7) is 5.92. The first kappa shape index (κ1) is 21.3. The highest BCUT2D eigenvalue weighted by Gasteiger charge is 2.22. The van der Waals surface area contributed by atoms with Crippen LogP contribution in [0, 0.1) is 10.1 Å². The molecule has 0 unspecified atom stereocenters. The van der Waals surface area contributed by atoms with Crippen molar-refractivity contribution in [3.05, 3.63) is 69.3 Å². The van der Waals surface area contributed by atoms with Crippen LogP contribution in [-0.2, 0) is 17.8 Å². The van der Waals surface area contributed by atoms with Gasteiger partial charge < -0.3 is 15.0 Å². The van der Waals surface area contributed by atoms with Gasteiger partial charge in [-0.05, 0) is 43.1 Å². The summed E-state index contributed by atoms with van der Waals surface area (Å²) in [6.07, 6.45) is 2.46. The van der Waals surface area contributed by atoms with E-state index in [2.05, 4.69) is 16.3 Å². The Labute approximate surface area is 181 Å². The van der Waals surface area contributed by atoms with E-state index in [4.69, 9.17) is 4.74 Å². The number of hydrogen-bond acceptors (Lipinski definition) is 6. The number of ether oxygens (including phenoxy) is 1. The lowest BCUT2D eigenvalue weighted by atomic mass is 10.1. The third kappa shape index (κ3) is 5.21. The fourth-order valence-electron chi connectivity index (χ4n) is 4.24. The van der Waals surface area contributed by atoms with Gasteiger partial charge in [-0.25, -0.2) is 0 Å². The van der Waals surface area contributed by atoms with Crippen LogP contribution in [-0.4, -0.2) is 55.1 Å². The molecule has 2 aliphatic heterocycles. The van der Waals surface area contributed by atoms with Crippen molar-refractivity contribution in [2.75, 3.05) is 44.3 Å². The molecule has 0 saturated carbocycles. The number of nitro benzene ring substituents is 1. The molecule has 8 heteroatoms. The SMILES string of the molecule is O=C(NCc1ccccc1CN1CCCC1)c1cc([N+](=O)[O-])ccc1N1CCOCC1. The van der Waals surface area contributed by atoms with Gasteiger partial charge in [0.15, 0.2) is 0 Å². The molecule has 2 fully saturated rings. The molecular formula is C23H28N4O4. The second-order valence-corrected chi connectivity index (χ2v) is 7.99. The zero-order valence-electron chi connectivity index (χ0n) is 17.6. The summed E-state index contributed by atoms with van der Waals surface area (Å²) < 4.78 is 5.40. The zero-order valence-corrected chi connectivity index (χ0v) is 17.6. The van der Waals surface area contributed by atoms with Crippen LogP contribution in [0.25, 0.3) is 0 Å². The number of amides is 1. The fraction of sp³-hybridized carbons (Fsp3) is 0.435. The molecule has 0 atom stereocenters. The predicted molar refractivity (Wildman–Crippen MR) is 118 cm³/mol. The number of morpholine rings is 1. The molecule has 0 aliphatic carbocycles. The smallest absolute Gasteiger partial charge is 0.270 e. The van der Waals surface area contributed by atoms with Crippen molar-refractivity contribution in [3.63, 3.8) is 0 Å². The van der Waals surface area contributed by atoms with Gasteiger partial charge in [0.25, 0.3) is 11.6 Å². The molecule has 8 nitrogen and oxygen atoms in total. The highest BCUT2D eigenvalue weighted by molar-refractivity contribution is 6.00. The minimum absolute atomic E-state index is 0.0865. The van der Waals surface area contributed by atoms with E-state index in [-0.39, 0.29) is 11.6 Å². The van der Waals surface area contributed by atoms with Crippen LogP contribution in [0.5, 0.6) is 0 Å². The molecule has 164 valence electrons. The number of benzene rings is 2. The van der Waals surface area contributed by atoms with Crippen molar-refractivity contribution in [3.8, 4) is 0 Å². The molecule has 0 aromatic heterocycles. The number of nitrogens with zero attached hydrogens (tertiary/aromatic N) is 3. The lowest BCUT2D eigenvalue weighted by Crippen LogP contribution is -2.38. The van der Waals surface area contributed by atoms with E-state index < -0.39 is 4.92 Å². The highest BCUT2D eigenvalue weighted by atomic mass is 16.6. The van der Waals surface area contributed by atoms with Crippen LogP contribution >= 0.6 is 0 Å². The molecule has 2 aromatic carbocycles. The quantitative estimate of drug-likeness (QED) is 0.543. The van der Waals surface area contributed by atoms with Crippen LogP contribution in [0.3, 0.4) is 0 Å². The fourth-order valence-corrected chi connectivity index (χ4v) is 4.24. The number of nitro groups is 1. The second-order valence-electron chi connectivity index (χ2n) is 7.99. The first-order valence-corrected chi connectivity index (χ1v) is 10.8. The van der Waals surface area contributed by atoms with Gasteiger partial charge in [-0.2, -0.15) is 0 Å². The van der Waals surface area contributed by atoms with E-state index in [0.29, 0.717) is 44.1 Å². The standard InChI is InChI=1S/C23H28N4O4/c28-23(24-16-18-5-1-2-6-19(18)17-25-9-3-4-10-25)21-15-20(27(29)30)7-8-22(21)26-11-13-31-14-12-26/h1-2,5-8,15H,3-4,9-14,16-17H2,(H,24,28). The predicted octanol–water partition coefficient (Wildman–Crippen LogP) is 2.96. The Bertz CT molecular complexity index is 937. The molecule has 2 aromatic rings. The van der Waals surface area contributed by atoms with Crippen molar-refractivity contribution in [2.45, 2.75) is 25.9 Å². The average Bonchev–Trinajstić information content (AvgIpc) is 3.31. The zero-order chi connectivity index (χ0) is 21.6. The largest absolute Gasteiger partial charge is 0.378 e. The number of anilines is 1. The lowest BCUT2D eigenvalue weighted by molar-refractivity contribution is -0.384. The Morgan fingerprint density at radius 2 is 1.74 bits per heavy atom. The Kier molecular flexibility index (Phi) is 6.79. The van der Waals surface area contributed by atoms with Gasteiger partial charge in [0, 0.05) is 38.3 Å². The van der Waals surface area contributed by atoms with Gasteiger partial charge in [0.2, 0.25) is 0 Å². The van der Waals surface area contributed by atoms with Crippen molar-refractivity contribution in [2.24, 2.45) is 0 Å². The highest BCUT2D eigenvalue weighted by Crippen LogP contribution is 2.26. The first-order chi connectivity index (χ1) is 15.1. The van der Waals surface area contributed by atoms with Crippen LogP contribution in [0.15, 0.2) is 42.5 Å². The number of carbonyl (C=O) groups is 1. The molecular weight excluding hydrogens is 396 g/mol. The molecule has 2 aliphatic rings. The van der Waals surface area contributed by atoms with Crippen LogP contribution in [0.4, 0.5) is 11.4 Å². The molecule has 4 rings (SSSR count). The molecule has 1 N–H and O–H groups in total. The maximum atomic E-state index is 13.1. The minimum atomic E-state index is -0.467. The second kappa shape index (κ2) is 9.89. The van der Waals surface area contributed by atoms with Crippen LogP contribution < -0.4 is 10.2 Å². The Morgan fingerprint density at radius 1 is 1.03 bits per heavy atom. The maximum absolute atomic E-state index is 13.1. The Balaban J connectivity index is 1.51. The van der Waals surface area contributed by atoms with E-state index in [0.717, 1.165) is 25.2 Å². The van der Waals surface area contributed by atoms with Crippen LogP contribution in [0.1, 0.15) is 34.3 Å². The van der Waals surface area contributed by atoms with Crippen molar-refractivity contribution in [1.82, 2.24) is 10.2 Å². The number of carbonyl (C=O) groups excluding carboxylic acids is 1. The van der Waals surface area contributed by atoms with Gasteiger partial charge in [0.1, 0.15) is 0 Å². The third-order valence-electron chi connectivity index (χ3n) is 5.94. The van der Waals surface area contributed by atoms with E-state index in [1.165, 1.54) is 30.5 Å². The van der Waals surface area contributed by atoms with Crippen molar-refractivity contribution < 1.29 is 14.5 Å². The van der Waals surface area contributed by atoms with Crippen molar-refractivity contribution >= 4 is 17.3 Å². The summed E-state index contributed by atoms with van der Waals surface area (Å²) in [7, 11) is 0. The maximum Gasteiger partial charge on any atom is 0.270 e. The summed E-state index contributed by atoms with van der Waals surface area (Å²) in [4.78, 5) is 28.4. The molecule has 2 saturated heterocycles. The summed E-state index contributed by atoms with van der Waals surface area (Å²) in [5.74, 6) is -0.304. The molecule has 0 bridgehead atoms. The summed E-state index contributed by atoms with van der Waals surface area (Å²) >= 11 is 0. The number of hydrogen-bond donors (Lipinski definition) is 1. The topological polar surface area (TPSA) is 88.0 Å². The number of likely N-dealkylation sites (tertiary alicyclic amines) is 1. The van der Waals surface area contributed by atoms with E-state index in [1.54, 1.807) is 6.07 Å². The van der Waals surface area contributed by atoms with E-state index in [1.807, 2.05) is 23.1 Å². The molecule has 0 radical (unpaired) electrons. The van der Waals surface area contributed by atoms with E-state index >= 15 is 0 Å². The Hall–Kier alpha value is -2.97. The average molecular weight is 425 g/mol. The lowest BCUT2D eigenvalue weighted by Gasteiger charge is -2.30. The van der Waals surface area contributed by atoms with Gasteiger partial charge >= 0.3 is 0 Å². The molecule has 31 heavy (non-hydrogen) atoms. The first-order valence-electron chi connectivity index (χ1n) is 10.8. The number of nitrogens with one attached hydrogen (secondary N) is 1. The monoisotopic (exact) mass is 424 g/mol. The molecule has 2 heterocycles. The number of rotatable bonds is 7. The van der Waals surface area contributed by atoms with Gasteiger partial charge in [-0.15, -0.1) is 0 Å². The third-order valence-corrected chi connectivity index (χ3v) is 5.94. The normalized spacial score (nSPS) is 17.0. The van der Waals surface area contributed by atoms with Gasteiger partial charge in [-0.3, -0.25) is 19.8 Å². The van der Waals surface area contributed by atoms with Crippen molar-refractivity contribution in [1.29, 1.82) is 0 Å². The summed E-state index contributed by atoms with van der Waals surface area (Å²) in [5.41, 5.74) is 3.22. The van der Waals surface area contributed by atoms with E-state index in [9.17, 15) is 14.9 Å². The van der Waals surface area contributed by atoms with Gasteiger partial charge in [-0.1, -0.05) is 24.3 Å². The minimum Gasteiger partial charge on any atom is -0.378 e.